The van der Waals surface area contributed by atoms with Crippen LogP contribution in [-0.4, -0.2) is 58.9 Å². The fourth-order valence-electron chi connectivity index (χ4n) is 2.96. The second kappa shape index (κ2) is 7.46. The Bertz CT molecular complexity index is 1070. The summed E-state index contributed by atoms with van der Waals surface area (Å²) < 4.78 is 41.8. The smallest absolute Gasteiger partial charge is 0.243 e. The van der Waals surface area contributed by atoms with Crippen LogP contribution < -0.4 is 4.90 Å². The third kappa shape index (κ3) is 3.58. The standard InChI is InChI=1S/C17H16ClFN6O2S/c18-14-12-13(2-3-15(14)19)28(26,27)24-10-8-23(9-11-24)16-4-5-17(22-21-16)25-7-1-6-20-25/h1-7,12H,8-11H2. The first-order chi connectivity index (χ1) is 13.4. The lowest BCUT2D eigenvalue weighted by Crippen LogP contribution is -2.49. The van der Waals surface area contributed by atoms with E-state index in [1.165, 1.54) is 10.4 Å². The van der Waals surface area contributed by atoms with Crippen molar-refractivity contribution in [3.05, 3.63) is 59.6 Å². The molecule has 4 rings (SSSR count). The van der Waals surface area contributed by atoms with E-state index in [9.17, 15) is 12.8 Å². The molecule has 1 aliphatic heterocycles. The fourth-order valence-corrected chi connectivity index (χ4v) is 4.65. The van der Waals surface area contributed by atoms with Crippen molar-refractivity contribution in [2.24, 2.45) is 0 Å². The topological polar surface area (TPSA) is 84.2 Å². The summed E-state index contributed by atoms with van der Waals surface area (Å²) in [6.45, 7) is 1.48. The van der Waals surface area contributed by atoms with Crippen molar-refractivity contribution >= 4 is 27.4 Å². The third-order valence-electron chi connectivity index (χ3n) is 4.47. The van der Waals surface area contributed by atoms with Gasteiger partial charge in [0.15, 0.2) is 11.6 Å². The molecule has 1 aliphatic rings. The van der Waals surface area contributed by atoms with Crippen LogP contribution in [0.5, 0.6) is 0 Å². The average molecular weight is 423 g/mol. The van der Waals surface area contributed by atoms with Crippen LogP contribution in [0.25, 0.3) is 5.82 Å². The summed E-state index contributed by atoms with van der Waals surface area (Å²) in [5.74, 6) is 0.614. The molecular formula is C17H16ClFN6O2S. The number of anilines is 1. The highest BCUT2D eigenvalue weighted by atomic mass is 35.5. The monoisotopic (exact) mass is 422 g/mol. The molecule has 146 valence electrons. The van der Waals surface area contributed by atoms with Gasteiger partial charge in [-0.1, -0.05) is 11.6 Å². The molecule has 1 saturated heterocycles. The molecule has 0 atom stereocenters. The molecular weight excluding hydrogens is 407 g/mol. The molecule has 11 heteroatoms. The van der Waals surface area contributed by atoms with Crippen molar-refractivity contribution in [2.75, 3.05) is 31.1 Å². The summed E-state index contributed by atoms with van der Waals surface area (Å²) in [4.78, 5) is 1.94. The van der Waals surface area contributed by atoms with Crippen LogP contribution in [-0.2, 0) is 10.0 Å². The molecule has 0 saturated carbocycles. The molecule has 1 fully saturated rings. The maximum absolute atomic E-state index is 13.3. The van der Waals surface area contributed by atoms with E-state index in [1.807, 2.05) is 11.0 Å². The van der Waals surface area contributed by atoms with Crippen LogP contribution >= 0.6 is 11.6 Å². The van der Waals surface area contributed by atoms with Crippen LogP contribution in [0.15, 0.2) is 53.7 Å². The van der Waals surface area contributed by atoms with Gasteiger partial charge in [0.05, 0.1) is 9.92 Å². The maximum Gasteiger partial charge on any atom is 0.243 e. The Hall–Kier alpha value is -2.56. The fraction of sp³-hybridized carbons (Fsp3) is 0.235. The first-order valence-corrected chi connectivity index (χ1v) is 10.3. The quantitative estimate of drug-likeness (QED) is 0.639. The summed E-state index contributed by atoms with van der Waals surface area (Å²) in [5, 5.41) is 12.3. The largest absolute Gasteiger partial charge is 0.352 e. The molecule has 0 unspecified atom stereocenters. The molecule has 0 amide bonds. The molecule has 0 spiro atoms. The minimum atomic E-state index is -3.74. The molecule has 3 heterocycles. The average Bonchev–Trinajstić information content (AvgIpc) is 3.25. The molecule has 0 aliphatic carbocycles. The van der Waals surface area contributed by atoms with Gasteiger partial charge in [0, 0.05) is 38.6 Å². The van der Waals surface area contributed by atoms with E-state index in [4.69, 9.17) is 11.6 Å². The first-order valence-electron chi connectivity index (χ1n) is 8.49. The summed E-state index contributed by atoms with van der Waals surface area (Å²) in [7, 11) is -3.74. The number of rotatable bonds is 4. The van der Waals surface area contributed by atoms with Crippen LogP contribution in [0.2, 0.25) is 5.02 Å². The van der Waals surface area contributed by atoms with E-state index in [0.29, 0.717) is 24.7 Å². The number of piperazine rings is 1. The number of hydrogen-bond acceptors (Lipinski definition) is 6. The van der Waals surface area contributed by atoms with Crippen molar-refractivity contribution in [2.45, 2.75) is 4.90 Å². The Morgan fingerprint density at radius 2 is 1.71 bits per heavy atom. The second-order valence-corrected chi connectivity index (χ2v) is 8.51. The zero-order valence-electron chi connectivity index (χ0n) is 14.6. The van der Waals surface area contributed by atoms with E-state index in [-0.39, 0.29) is 23.0 Å². The third-order valence-corrected chi connectivity index (χ3v) is 6.65. The molecule has 2 aromatic heterocycles. The van der Waals surface area contributed by atoms with Crippen molar-refractivity contribution in [3.63, 3.8) is 0 Å². The summed E-state index contributed by atoms with van der Waals surface area (Å²) in [5.41, 5.74) is 0. The lowest BCUT2D eigenvalue weighted by atomic mass is 10.3. The van der Waals surface area contributed by atoms with Gasteiger partial charge in [-0.25, -0.2) is 17.5 Å². The number of benzene rings is 1. The molecule has 3 aromatic rings. The van der Waals surface area contributed by atoms with Gasteiger partial charge in [0.25, 0.3) is 0 Å². The van der Waals surface area contributed by atoms with Gasteiger partial charge in [-0.3, -0.25) is 0 Å². The predicted octanol–water partition coefficient (Wildman–Crippen LogP) is 1.97. The summed E-state index contributed by atoms with van der Waals surface area (Å²) >= 11 is 5.72. The van der Waals surface area contributed by atoms with Gasteiger partial charge in [-0.15, -0.1) is 10.2 Å². The van der Waals surface area contributed by atoms with Crippen molar-refractivity contribution in [3.8, 4) is 5.82 Å². The lowest BCUT2D eigenvalue weighted by Gasteiger charge is -2.34. The van der Waals surface area contributed by atoms with Gasteiger partial charge in [-0.05, 0) is 36.4 Å². The van der Waals surface area contributed by atoms with Crippen molar-refractivity contribution in [1.29, 1.82) is 0 Å². The molecule has 1 aromatic carbocycles. The lowest BCUT2D eigenvalue weighted by molar-refractivity contribution is 0.383. The SMILES string of the molecule is O=S(=O)(c1ccc(F)c(Cl)c1)N1CCN(c2ccc(-n3cccn3)nn2)CC1. The normalized spacial score (nSPS) is 15.7. The number of halogens is 2. The first kappa shape index (κ1) is 18.8. The number of nitrogens with zero attached hydrogens (tertiary/aromatic N) is 6. The number of aromatic nitrogens is 4. The van der Waals surface area contributed by atoms with Gasteiger partial charge < -0.3 is 4.90 Å². The summed E-state index contributed by atoms with van der Waals surface area (Å²) in [6, 6.07) is 8.85. The Kier molecular flexibility index (Phi) is 5.00. The van der Waals surface area contributed by atoms with E-state index < -0.39 is 15.8 Å². The highest BCUT2D eigenvalue weighted by molar-refractivity contribution is 7.89. The Balaban J connectivity index is 1.44. The summed E-state index contributed by atoms with van der Waals surface area (Å²) in [6.07, 6.45) is 3.43. The van der Waals surface area contributed by atoms with E-state index in [0.717, 1.165) is 12.1 Å². The van der Waals surface area contributed by atoms with Crippen LogP contribution in [0.1, 0.15) is 0 Å². The van der Waals surface area contributed by atoms with Crippen molar-refractivity contribution in [1.82, 2.24) is 24.3 Å². The van der Waals surface area contributed by atoms with Crippen LogP contribution in [0, 0.1) is 5.82 Å². The zero-order chi connectivity index (χ0) is 19.7. The van der Waals surface area contributed by atoms with Gasteiger partial charge in [0.1, 0.15) is 5.82 Å². The Morgan fingerprint density at radius 1 is 1.00 bits per heavy atom. The van der Waals surface area contributed by atoms with Crippen LogP contribution in [0.4, 0.5) is 10.2 Å². The second-order valence-electron chi connectivity index (χ2n) is 6.17. The molecule has 0 N–H and O–H groups in total. The Labute approximate surface area is 166 Å². The highest BCUT2D eigenvalue weighted by Gasteiger charge is 2.29. The molecule has 0 bridgehead atoms. The predicted molar refractivity (Wildman–Crippen MR) is 102 cm³/mol. The maximum atomic E-state index is 13.3. The highest BCUT2D eigenvalue weighted by Crippen LogP contribution is 2.24. The minimum absolute atomic E-state index is 0.0179. The Morgan fingerprint density at radius 3 is 2.32 bits per heavy atom. The van der Waals surface area contributed by atoms with Gasteiger partial charge in [0.2, 0.25) is 10.0 Å². The van der Waals surface area contributed by atoms with Crippen molar-refractivity contribution < 1.29 is 12.8 Å². The minimum Gasteiger partial charge on any atom is -0.352 e. The zero-order valence-corrected chi connectivity index (χ0v) is 16.2. The molecule has 0 radical (unpaired) electrons. The molecule has 28 heavy (non-hydrogen) atoms. The van der Waals surface area contributed by atoms with Crippen LogP contribution in [0.3, 0.4) is 0 Å². The van der Waals surface area contributed by atoms with Gasteiger partial charge >= 0.3 is 0 Å². The van der Waals surface area contributed by atoms with E-state index in [1.54, 1.807) is 29.2 Å². The van der Waals surface area contributed by atoms with E-state index >= 15 is 0 Å². The van der Waals surface area contributed by atoms with Gasteiger partial charge in [-0.2, -0.15) is 9.40 Å². The molecule has 8 nitrogen and oxygen atoms in total. The number of hydrogen-bond donors (Lipinski definition) is 0. The van der Waals surface area contributed by atoms with E-state index in [2.05, 4.69) is 15.3 Å². The number of sulfonamides is 1.